The second-order valence-corrected chi connectivity index (χ2v) is 4.69. The number of nitrogens with zero attached hydrogens (tertiary/aromatic N) is 2. The monoisotopic (exact) mass is 294 g/mol. The van der Waals surface area contributed by atoms with Crippen molar-refractivity contribution >= 4 is 15.9 Å². The molecule has 17 heavy (non-hydrogen) atoms. The van der Waals surface area contributed by atoms with Gasteiger partial charge in [-0.15, -0.1) is 0 Å². The fourth-order valence-electron chi connectivity index (χ4n) is 1.55. The lowest BCUT2D eigenvalue weighted by Gasteiger charge is -2.06. The van der Waals surface area contributed by atoms with Gasteiger partial charge in [0, 0.05) is 23.9 Å². The number of hydrogen-bond acceptors (Lipinski definition) is 2. The lowest BCUT2D eigenvalue weighted by atomic mass is 10.2. The van der Waals surface area contributed by atoms with E-state index in [1.807, 2.05) is 24.3 Å². The molecule has 5 heteroatoms. The normalized spacial score (nSPS) is 10.5. The molecule has 0 saturated heterocycles. The molecular formula is C12H11BrN2O2. The van der Waals surface area contributed by atoms with Crippen molar-refractivity contribution in [1.29, 1.82) is 0 Å². The highest BCUT2D eigenvalue weighted by molar-refractivity contribution is 9.10. The Morgan fingerprint density at radius 2 is 1.94 bits per heavy atom. The van der Waals surface area contributed by atoms with Gasteiger partial charge in [-0.05, 0) is 17.7 Å². The highest BCUT2D eigenvalue weighted by Crippen LogP contribution is 2.11. The molecule has 0 radical (unpaired) electrons. The molecule has 1 heterocycles. The number of benzene rings is 1. The molecule has 88 valence electrons. The number of aromatic nitrogens is 2. The van der Waals surface area contributed by atoms with E-state index in [1.165, 1.54) is 9.13 Å². The van der Waals surface area contributed by atoms with Gasteiger partial charge < -0.3 is 9.13 Å². The van der Waals surface area contributed by atoms with Crippen LogP contribution in [0.4, 0.5) is 0 Å². The van der Waals surface area contributed by atoms with Crippen molar-refractivity contribution in [2.24, 2.45) is 7.05 Å². The molecule has 0 N–H and O–H groups in total. The number of halogens is 1. The molecule has 0 bridgehead atoms. The standard InChI is InChI=1S/C12H11BrN2O2/c1-14-5-6-15(12(17)11(14)16)8-9-3-2-4-10(13)7-9/h2-7H,8H2,1H3. The topological polar surface area (TPSA) is 44.0 Å². The van der Waals surface area contributed by atoms with Crippen LogP contribution >= 0.6 is 15.9 Å². The number of rotatable bonds is 2. The zero-order valence-corrected chi connectivity index (χ0v) is 10.8. The Balaban J connectivity index is 2.41. The van der Waals surface area contributed by atoms with Gasteiger partial charge in [0.25, 0.3) is 0 Å². The predicted octanol–water partition coefficient (Wildman–Crippen LogP) is 1.36. The molecule has 0 fully saturated rings. The molecule has 0 spiro atoms. The molecule has 4 nitrogen and oxygen atoms in total. The Bertz CT molecular complexity index is 658. The minimum atomic E-state index is -0.512. The summed E-state index contributed by atoms with van der Waals surface area (Å²) in [5, 5.41) is 0. The Labute approximate surface area is 106 Å². The zero-order chi connectivity index (χ0) is 12.4. The maximum Gasteiger partial charge on any atom is 0.316 e. The Hall–Kier alpha value is -1.62. The second kappa shape index (κ2) is 4.71. The van der Waals surface area contributed by atoms with Gasteiger partial charge in [-0.3, -0.25) is 9.59 Å². The maximum absolute atomic E-state index is 11.7. The van der Waals surface area contributed by atoms with Gasteiger partial charge in [0.15, 0.2) is 0 Å². The molecule has 0 saturated carbocycles. The van der Waals surface area contributed by atoms with Crippen molar-refractivity contribution < 1.29 is 0 Å². The zero-order valence-electron chi connectivity index (χ0n) is 9.26. The van der Waals surface area contributed by atoms with Crippen LogP contribution in [-0.2, 0) is 13.6 Å². The third kappa shape index (κ3) is 2.55. The minimum Gasteiger partial charge on any atom is -0.312 e. The highest BCUT2D eigenvalue weighted by Gasteiger charge is 2.03. The first-order valence-corrected chi connectivity index (χ1v) is 5.88. The smallest absolute Gasteiger partial charge is 0.312 e. The van der Waals surface area contributed by atoms with Crippen molar-refractivity contribution in [3.63, 3.8) is 0 Å². The summed E-state index contributed by atoms with van der Waals surface area (Å²) in [5.41, 5.74) is -0.0489. The van der Waals surface area contributed by atoms with E-state index in [1.54, 1.807) is 19.4 Å². The van der Waals surface area contributed by atoms with Gasteiger partial charge in [0.1, 0.15) is 0 Å². The van der Waals surface area contributed by atoms with Crippen LogP contribution in [0.2, 0.25) is 0 Å². The Morgan fingerprint density at radius 1 is 1.18 bits per heavy atom. The molecule has 0 unspecified atom stereocenters. The molecule has 0 aliphatic carbocycles. The van der Waals surface area contributed by atoms with E-state index in [0.717, 1.165) is 10.0 Å². The first kappa shape index (κ1) is 11.9. The summed E-state index contributed by atoms with van der Waals surface area (Å²) >= 11 is 3.37. The summed E-state index contributed by atoms with van der Waals surface area (Å²) in [5.74, 6) is 0. The van der Waals surface area contributed by atoms with Crippen LogP contribution in [0.15, 0.2) is 50.7 Å². The highest BCUT2D eigenvalue weighted by atomic mass is 79.9. The van der Waals surface area contributed by atoms with E-state index in [4.69, 9.17) is 0 Å². The maximum atomic E-state index is 11.7. The van der Waals surface area contributed by atoms with Gasteiger partial charge >= 0.3 is 11.1 Å². The fourth-order valence-corrected chi connectivity index (χ4v) is 1.99. The largest absolute Gasteiger partial charge is 0.316 e. The third-order valence-electron chi connectivity index (χ3n) is 2.48. The van der Waals surface area contributed by atoms with Crippen LogP contribution in [0.3, 0.4) is 0 Å². The summed E-state index contributed by atoms with van der Waals surface area (Å²) in [6, 6.07) is 7.64. The summed E-state index contributed by atoms with van der Waals surface area (Å²) in [7, 11) is 1.56. The van der Waals surface area contributed by atoms with Crippen LogP contribution < -0.4 is 11.1 Å². The molecular weight excluding hydrogens is 284 g/mol. The fraction of sp³-hybridized carbons (Fsp3) is 0.167. The van der Waals surface area contributed by atoms with Gasteiger partial charge in [-0.2, -0.15) is 0 Å². The summed E-state index contributed by atoms with van der Waals surface area (Å²) in [4.78, 5) is 23.2. The molecule has 0 aliphatic heterocycles. The van der Waals surface area contributed by atoms with Gasteiger partial charge in [-0.25, -0.2) is 0 Å². The number of aryl methyl sites for hydroxylation is 1. The Kier molecular flexibility index (Phi) is 3.28. The van der Waals surface area contributed by atoms with Gasteiger partial charge in [-0.1, -0.05) is 28.1 Å². The molecule has 2 rings (SSSR count). The first-order chi connectivity index (χ1) is 8.08. The summed E-state index contributed by atoms with van der Waals surface area (Å²) in [6.07, 6.45) is 3.20. The third-order valence-corrected chi connectivity index (χ3v) is 2.97. The van der Waals surface area contributed by atoms with E-state index < -0.39 is 11.1 Å². The average Bonchev–Trinajstić information content (AvgIpc) is 2.30. The summed E-state index contributed by atoms with van der Waals surface area (Å²) < 4.78 is 3.64. The van der Waals surface area contributed by atoms with Crippen LogP contribution in [0, 0.1) is 0 Å². The van der Waals surface area contributed by atoms with Gasteiger partial charge in [0.05, 0.1) is 6.54 Å². The van der Waals surface area contributed by atoms with Gasteiger partial charge in [0.2, 0.25) is 0 Å². The quantitative estimate of drug-likeness (QED) is 0.785. The predicted molar refractivity (Wildman–Crippen MR) is 69.2 cm³/mol. The van der Waals surface area contributed by atoms with Crippen LogP contribution in [0.1, 0.15) is 5.56 Å². The van der Waals surface area contributed by atoms with Crippen LogP contribution in [-0.4, -0.2) is 9.13 Å². The van der Waals surface area contributed by atoms with E-state index in [9.17, 15) is 9.59 Å². The molecule has 0 amide bonds. The lowest BCUT2D eigenvalue weighted by molar-refractivity contribution is 0.695. The van der Waals surface area contributed by atoms with Crippen molar-refractivity contribution in [2.45, 2.75) is 6.54 Å². The van der Waals surface area contributed by atoms with Crippen molar-refractivity contribution in [2.75, 3.05) is 0 Å². The number of hydrogen-bond donors (Lipinski definition) is 0. The summed E-state index contributed by atoms with van der Waals surface area (Å²) in [6.45, 7) is 0.397. The molecule has 2 aromatic rings. The first-order valence-electron chi connectivity index (χ1n) is 5.08. The Morgan fingerprint density at radius 3 is 2.65 bits per heavy atom. The van der Waals surface area contributed by atoms with E-state index >= 15 is 0 Å². The molecule has 0 atom stereocenters. The second-order valence-electron chi connectivity index (χ2n) is 3.78. The lowest BCUT2D eigenvalue weighted by Crippen LogP contribution is -2.39. The van der Waals surface area contributed by atoms with E-state index in [0.29, 0.717) is 6.54 Å². The van der Waals surface area contributed by atoms with Crippen molar-refractivity contribution in [1.82, 2.24) is 9.13 Å². The van der Waals surface area contributed by atoms with Crippen molar-refractivity contribution in [3.8, 4) is 0 Å². The van der Waals surface area contributed by atoms with E-state index in [-0.39, 0.29) is 0 Å². The van der Waals surface area contributed by atoms with Crippen LogP contribution in [0.25, 0.3) is 0 Å². The average molecular weight is 295 g/mol. The van der Waals surface area contributed by atoms with E-state index in [2.05, 4.69) is 15.9 Å². The molecule has 0 aliphatic rings. The van der Waals surface area contributed by atoms with Crippen molar-refractivity contribution in [3.05, 3.63) is 67.4 Å². The molecule has 1 aromatic carbocycles. The minimum absolute atomic E-state index is 0.397. The SMILES string of the molecule is Cn1ccn(Cc2cccc(Br)c2)c(=O)c1=O. The van der Waals surface area contributed by atoms with Crippen LogP contribution in [0.5, 0.6) is 0 Å². The molecule has 1 aromatic heterocycles.